The van der Waals surface area contributed by atoms with E-state index in [0.29, 0.717) is 17.6 Å². The molecule has 0 aliphatic carbocycles. The van der Waals surface area contributed by atoms with Gasteiger partial charge in [-0.1, -0.05) is 11.6 Å². The van der Waals surface area contributed by atoms with Crippen molar-refractivity contribution in [3.63, 3.8) is 0 Å². The molecule has 2 heterocycles. The third-order valence-corrected chi connectivity index (χ3v) is 3.54. The number of nitrogens with two attached hydrogens (primary N) is 1. The summed E-state index contributed by atoms with van der Waals surface area (Å²) in [6.07, 6.45) is 7.41. The van der Waals surface area contributed by atoms with Gasteiger partial charge >= 0.3 is 0 Å². The van der Waals surface area contributed by atoms with E-state index in [9.17, 15) is 4.79 Å². The summed E-state index contributed by atoms with van der Waals surface area (Å²) < 4.78 is 1.58. The molecule has 1 unspecified atom stereocenters. The molecule has 100 valence electrons. The van der Waals surface area contributed by atoms with Crippen LogP contribution in [0.25, 0.3) is 0 Å². The molecule has 1 atom stereocenters. The van der Waals surface area contributed by atoms with Crippen molar-refractivity contribution in [3.05, 3.63) is 17.4 Å². The van der Waals surface area contributed by atoms with Crippen LogP contribution in [0.15, 0.2) is 12.4 Å². The van der Waals surface area contributed by atoms with E-state index >= 15 is 0 Å². The summed E-state index contributed by atoms with van der Waals surface area (Å²) in [5, 5.41) is 4.59. The molecule has 18 heavy (non-hydrogen) atoms. The van der Waals surface area contributed by atoms with E-state index in [1.807, 2.05) is 4.90 Å². The Kier molecular flexibility index (Phi) is 4.60. The van der Waals surface area contributed by atoms with Gasteiger partial charge in [-0.25, -0.2) is 0 Å². The van der Waals surface area contributed by atoms with Crippen molar-refractivity contribution < 1.29 is 4.79 Å². The van der Waals surface area contributed by atoms with Crippen LogP contribution in [0.3, 0.4) is 0 Å². The van der Waals surface area contributed by atoms with Gasteiger partial charge in [0, 0.05) is 18.8 Å². The number of hydrogen-bond acceptors (Lipinski definition) is 3. The minimum Gasteiger partial charge on any atom is -0.338 e. The fourth-order valence-electron chi connectivity index (χ4n) is 2.48. The number of aromatic nitrogens is 2. The molecule has 0 aromatic carbocycles. The normalized spacial score (nSPS) is 20.1. The van der Waals surface area contributed by atoms with Crippen LogP contribution >= 0.6 is 11.6 Å². The zero-order chi connectivity index (χ0) is 13.0. The number of rotatable bonds is 4. The predicted octanol–water partition coefficient (Wildman–Crippen LogP) is 1.27. The molecule has 1 saturated heterocycles. The van der Waals surface area contributed by atoms with Gasteiger partial charge in [0.15, 0.2) is 0 Å². The summed E-state index contributed by atoms with van der Waals surface area (Å²) in [6, 6.07) is 0.294. The Balaban J connectivity index is 1.97. The van der Waals surface area contributed by atoms with Crippen LogP contribution in [0.5, 0.6) is 0 Å². The van der Waals surface area contributed by atoms with E-state index in [4.69, 9.17) is 17.3 Å². The van der Waals surface area contributed by atoms with E-state index in [1.165, 1.54) is 6.42 Å². The van der Waals surface area contributed by atoms with Gasteiger partial charge in [-0.05, 0) is 32.2 Å². The van der Waals surface area contributed by atoms with Crippen molar-refractivity contribution in [1.29, 1.82) is 0 Å². The molecule has 2 N–H and O–H groups in total. The monoisotopic (exact) mass is 270 g/mol. The number of carbonyl (C=O) groups excluding carboxylic acids is 1. The van der Waals surface area contributed by atoms with Crippen molar-refractivity contribution in [2.75, 3.05) is 13.1 Å². The molecular formula is C12H19ClN4O. The minimum atomic E-state index is 0.105. The number of carbonyl (C=O) groups is 1. The highest BCUT2D eigenvalue weighted by Gasteiger charge is 2.26. The maximum atomic E-state index is 12.2. The smallest absolute Gasteiger partial charge is 0.244 e. The molecule has 1 aromatic heterocycles. The molecule has 1 fully saturated rings. The zero-order valence-corrected chi connectivity index (χ0v) is 11.1. The first kappa shape index (κ1) is 13.4. The Bertz CT molecular complexity index is 405. The molecule has 2 rings (SSSR count). The summed E-state index contributed by atoms with van der Waals surface area (Å²) in [4.78, 5) is 14.2. The highest BCUT2D eigenvalue weighted by Crippen LogP contribution is 2.19. The Morgan fingerprint density at radius 2 is 2.39 bits per heavy atom. The zero-order valence-electron chi connectivity index (χ0n) is 10.4. The van der Waals surface area contributed by atoms with Gasteiger partial charge in [-0.3, -0.25) is 9.48 Å². The Labute approximate surface area is 112 Å². The van der Waals surface area contributed by atoms with E-state index in [1.54, 1.807) is 17.1 Å². The first-order valence-electron chi connectivity index (χ1n) is 6.38. The standard InChI is InChI=1S/C12H19ClN4O/c13-10-7-15-16(8-10)9-12(18)17-6-2-1-3-11(17)4-5-14/h7-8,11H,1-6,9,14H2. The first-order chi connectivity index (χ1) is 8.70. The van der Waals surface area contributed by atoms with Crippen LogP contribution < -0.4 is 5.73 Å². The molecule has 0 saturated carbocycles. The van der Waals surface area contributed by atoms with Crippen molar-refractivity contribution in [2.45, 2.75) is 38.3 Å². The highest BCUT2D eigenvalue weighted by atomic mass is 35.5. The fourth-order valence-corrected chi connectivity index (χ4v) is 2.63. The van der Waals surface area contributed by atoms with Crippen molar-refractivity contribution >= 4 is 17.5 Å². The summed E-state index contributed by atoms with van der Waals surface area (Å²) in [6.45, 7) is 1.72. The van der Waals surface area contributed by atoms with Gasteiger partial charge in [-0.2, -0.15) is 5.10 Å². The second-order valence-corrected chi connectivity index (χ2v) is 5.11. The van der Waals surface area contributed by atoms with Crippen LogP contribution in [0.1, 0.15) is 25.7 Å². The Hall–Kier alpha value is -1.07. The first-order valence-corrected chi connectivity index (χ1v) is 6.76. The third kappa shape index (κ3) is 3.23. The average Bonchev–Trinajstić information content (AvgIpc) is 2.76. The van der Waals surface area contributed by atoms with Crippen LogP contribution in [0, 0.1) is 0 Å². The predicted molar refractivity (Wildman–Crippen MR) is 70.3 cm³/mol. The maximum absolute atomic E-state index is 12.2. The van der Waals surface area contributed by atoms with Crippen LogP contribution in [-0.4, -0.2) is 39.7 Å². The van der Waals surface area contributed by atoms with E-state index < -0.39 is 0 Å². The van der Waals surface area contributed by atoms with Gasteiger partial charge in [0.1, 0.15) is 6.54 Å². The summed E-state index contributed by atoms with van der Waals surface area (Å²) >= 11 is 5.78. The average molecular weight is 271 g/mol. The molecule has 6 heteroatoms. The summed E-state index contributed by atoms with van der Waals surface area (Å²) in [5.74, 6) is 0.105. The second kappa shape index (κ2) is 6.20. The second-order valence-electron chi connectivity index (χ2n) is 4.67. The number of piperidine rings is 1. The summed E-state index contributed by atoms with van der Waals surface area (Å²) in [5.41, 5.74) is 5.60. The SMILES string of the molecule is NCCC1CCCCN1C(=O)Cn1cc(Cl)cn1. The third-order valence-electron chi connectivity index (χ3n) is 3.35. The number of amides is 1. The van der Waals surface area contributed by atoms with E-state index in [2.05, 4.69) is 5.10 Å². The van der Waals surface area contributed by atoms with Crippen molar-refractivity contribution in [1.82, 2.24) is 14.7 Å². The molecule has 5 nitrogen and oxygen atoms in total. The van der Waals surface area contributed by atoms with Gasteiger partial charge in [0.05, 0.1) is 11.2 Å². The van der Waals surface area contributed by atoms with Crippen LogP contribution in [0.2, 0.25) is 5.02 Å². The molecule has 1 aromatic rings. The number of nitrogens with zero attached hydrogens (tertiary/aromatic N) is 3. The summed E-state index contributed by atoms with van der Waals surface area (Å²) in [7, 11) is 0. The van der Waals surface area contributed by atoms with Crippen molar-refractivity contribution in [3.8, 4) is 0 Å². The molecule has 0 radical (unpaired) electrons. The van der Waals surface area contributed by atoms with Gasteiger partial charge < -0.3 is 10.6 Å². The Morgan fingerprint density at radius 3 is 3.06 bits per heavy atom. The fraction of sp³-hybridized carbons (Fsp3) is 0.667. The molecule has 0 bridgehead atoms. The molecule has 0 spiro atoms. The minimum absolute atomic E-state index is 0.105. The van der Waals surface area contributed by atoms with E-state index in [0.717, 1.165) is 25.8 Å². The lowest BCUT2D eigenvalue weighted by Crippen LogP contribution is -2.46. The number of likely N-dealkylation sites (tertiary alicyclic amines) is 1. The van der Waals surface area contributed by atoms with Gasteiger partial charge in [0.25, 0.3) is 0 Å². The number of hydrogen-bond donors (Lipinski definition) is 1. The number of halogens is 1. The van der Waals surface area contributed by atoms with Crippen LogP contribution in [-0.2, 0) is 11.3 Å². The molecule has 1 aliphatic heterocycles. The maximum Gasteiger partial charge on any atom is 0.244 e. The topological polar surface area (TPSA) is 64.2 Å². The quantitative estimate of drug-likeness (QED) is 0.896. The lowest BCUT2D eigenvalue weighted by molar-refractivity contribution is -0.135. The van der Waals surface area contributed by atoms with Crippen molar-refractivity contribution in [2.24, 2.45) is 5.73 Å². The Morgan fingerprint density at radius 1 is 1.56 bits per heavy atom. The molecular weight excluding hydrogens is 252 g/mol. The van der Waals surface area contributed by atoms with Gasteiger partial charge in [-0.15, -0.1) is 0 Å². The molecule has 1 amide bonds. The van der Waals surface area contributed by atoms with E-state index in [-0.39, 0.29) is 12.5 Å². The van der Waals surface area contributed by atoms with Crippen LogP contribution in [0.4, 0.5) is 0 Å². The molecule has 1 aliphatic rings. The largest absolute Gasteiger partial charge is 0.338 e. The van der Waals surface area contributed by atoms with Gasteiger partial charge in [0.2, 0.25) is 5.91 Å². The highest BCUT2D eigenvalue weighted by molar-refractivity contribution is 6.30. The lowest BCUT2D eigenvalue weighted by atomic mass is 9.99. The lowest BCUT2D eigenvalue weighted by Gasteiger charge is -2.35.